The van der Waals surface area contributed by atoms with Crippen LogP contribution in [-0.2, 0) is 0 Å². The molecular formula is C22H25ClN6O2. The van der Waals surface area contributed by atoms with Crippen LogP contribution in [0.15, 0.2) is 36.8 Å². The number of halogens is 1. The summed E-state index contributed by atoms with van der Waals surface area (Å²) in [5, 5.41) is 11.0. The monoisotopic (exact) mass is 440 g/mol. The van der Waals surface area contributed by atoms with Crippen LogP contribution in [0.3, 0.4) is 0 Å². The van der Waals surface area contributed by atoms with E-state index in [-0.39, 0.29) is 6.04 Å². The van der Waals surface area contributed by atoms with Gasteiger partial charge >= 0.3 is 6.09 Å². The van der Waals surface area contributed by atoms with Gasteiger partial charge in [-0.3, -0.25) is 4.57 Å². The molecule has 0 radical (unpaired) electrons. The summed E-state index contributed by atoms with van der Waals surface area (Å²) in [6.07, 6.45) is 5.19. The number of carboxylic acid groups (broad SMARTS) is 1. The summed E-state index contributed by atoms with van der Waals surface area (Å²) in [4.78, 5) is 26.7. The molecule has 8 nitrogen and oxygen atoms in total. The van der Waals surface area contributed by atoms with Crippen molar-refractivity contribution in [1.82, 2.24) is 19.4 Å². The van der Waals surface area contributed by atoms with Gasteiger partial charge in [0.2, 0.25) is 0 Å². The molecule has 0 spiro atoms. The van der Waals surface area contributed by atoms with Crippen LogP contribution in [0.25, 0.3) is 16.7 Å². The van der Waals surface area contributed by atoms with Gasteiger partial charge < -0.3 is 19.8 Å². The molecule has 0 unspecified atom stereocenters. The van der Waals surface area contributed by atoms with Crippen molar-refractivity contribution >= 4 is 40.2 Å². The van der Waals surface area contributed by atoms with Crippen LogP contribution < -0.4 is 9.80 Å². The first-order valence-corrected chi connectivity index (χ1v) is 10.9. The highest BCUT2D eigenvalue weighted by Crippen LogP contribution is 2.40. The van der Waals surface area contributed by atoms with E-state index in [4.69, 9.17) is 11.6 Å². The molecular weight excluding hydrogens is 416 g/mol. The van der Waals surface area contributed by atoms with E-state index in [1.807, 2.05) is 31.2 Å². The Kier molecular flexibility index (Phi) is 4.89. The fourth-order valence-electron chi connectivity index (χ4n) is 4.44. The first kappa shape index (κ1) is 19.9. The van der Waals surface area contributed by atoms with E-state index in [1.54, 1.807) is 6.33 Å². The number of piperazine rings is 1. The van der Waals surface area contributed by atoms with Crippen LogP contribution in [-0.4, -0.2) is 69.4 Å². The molecule has 1 aliphatic carbocycles. The summed E-state index contributed by atoms with van der Waals surface area (Å²) >= 11 is 6.27. The SMILES string of the molecule is C[C@H]1CN(C(=O)O)CCN1c1ncnc2c1c(N(C)C1CC1)cn2-c1cccc(Cl)c1. The van der Waals surface area contributed by atoms with Crippen molar-refractivity contribution in [3.05, 3.63) is 41.8 Å². The van der Waals surface area contributed by atoms with Crippen molar-refractivity contribution in [2.45, 2.75) is 31.8 Å². The van der Waals surface area contributed by atoms with Crippen LogP contribution in [0.2, 0.25) is 5.02 Å². The highest BCUT2D eigenvalue weighted by Gasteiger charge is 2.33. The molecule has 1 saturated heterocycles. The zero-order valence-corrected chi connectivity index (χ0v) is 18.3. The molecule has 2 aromatic heterocycles. The Morgan fingerprint density at radius 3 is 2.74 bits per heavy atom. The number of anilines is 2. The van der Waals surface area contributed by atoms with Crippen LogP contribution >= 0.6 is 11.6 Å². The normalized spacial score (nSPS) is 19.1. The smallest absolute Gasteiger partial charge is 0.407 e. The molecule has 1 atom stereocenters. The average Bonchev–Trinajstić information content (AvgIpc) is 3.53. The van der Waals surface area contributed by atoms with E-state index in [1.165, 1.54) is 17.7 Å². The summed E-state index contributed by atoms with van der Waals surface area (Å²) in [5.41, 5.74) is 2.85. The van der Waals surface area contributed by atoms with Gasteiger partial charge in [0, 0.05) is 55.7 Å². The van der Waals surface area contributed by atoms with E-state index in [0.717, 1.165) is 28.2 Å². The van der Waals surface area contributed by atoms with E-state index < -0.39 is 6.09 Å². The van der Waals surface area contributed by atoms with Gasteiger partial charge in [-0.2, -0.15) is 0 Å². The Morgan fingerprint density at radius 1 is 1.26 bits per heavy atom. The fourth-order valence-corrected chi connectivity index (χ4v) is 4.62. The number of benzene rings is 1. The van der Waals surface area contributed by atoms with Crippen molar-refractivity contribution in [3.8, 4) is 5.69 Å². The first-order valence-electron chi connectivity index (χ1n) is 10.5. The topological polar surface area (TPSA) is 77.7 Å². The number of rotatable bonds is 4. The van der Waals surface area contributed by atoms with E-state index >= 15 is 0 Å². The third-order valence-corrected chi connectivity index (χ3v) is 6.51. The highest BCUT2D eigenvalue weighted by molar-refractivity contribution is 6.30. The van der Waals surface area contributed by atoms with Gasteiger partial charge in [-0.25, -0.2) is 14.8 Å². The molecule has 2 fully saturated rings. The van der Waals surface area contributed by atoms with Gasteiger partial charge in [0.15, 0.2) is 5.65 Å². The molecule has 31 heavy (non-hydrogen) atoms. The van der Waals surface area contributed by atoms with Gasteiger partial charge in [0.1, 0.15) is 12.1 Å². The quantitative estimate of drug-likeness (QED) is 0.663. The molecule has 3 heterocycles. The zero-order valence-electron chi connectivity index (χ0n) is 17.6. The number of fused-ring (bicyclic) bond motifs is 1. The lowest BCUT2D eigenvalue weighted by molar-refractivity contribution is 0.136. The van der Waals surface area contributed by atoms with Gasteiger partial charge in [-0.05, 0) is 38.0 Å². The average molecular weight is 441 g/mol. The van der Waals surface area contributed by atoms with Crippen molar-refractivity contribution in [2.24, 2.45) is 0 Å². The minimum absolute atomic E-state index is 0.0107. The molecule has 2 aliphatic rings. The number of hydrogen-bond donors (Lipinski definition) is 1. The molecule has 1 aliphatic heterocycles. The molecule has 0 bridgehead atoms. The molecule has 1 aromatic carbocycles. The molecule has 5 rings (SSSR count). The highest BCUT2D eigenvalue weighted by atomic mass is 35.5. The standard InChI is InChI=1S/C22H25ClN6O2/c1-14-11-27(22(30)31)8-9-28(14)20-19-18(26(2)16-6-7-16)12-29(21(19)25-13-24-20)17-5-3-4-15(23)10-17/h3-5,10,12-14,16H,6-9,11H2,1-2H3,(H,30,31)/t14-/m0/s1. The molecule has 3 aromatic rings. The summed E-state index contributed by atoms with van der Waals surface area (Å²) < 4.78 is 2.07. The maximum atomic E-state index is 11.4. The predicted octanol–water partition coefficient (Wildman–Crippen LogP) is 3.86. The van der Waals surface area contributed by atoms with Crippen LogP contribution in [0.4, 0.5) is 16.3 Å². The van der Waals surface area contributed by atoms with E-state index in [0.29, 0.717) is 30.7 Å². The second-order valence-corrected chi connectivity index (χ2v) is 8.81. The third-order valence-electron chi connectivity index (χ3n) is 6.27. The number of nitrogens with zero attached hydrogens (tertiary/aromatic N) is 6. The van der Waals surface area contributed by atoms with E-state index in [2.05, 4.69) is 37.6 Å². The second kappa shape index (κ2) is 7.60. The molecule has 1 N–H and O–H groups in total. The Hall–Kier alpha value is -3.00. The summed E-state index contributed by atoms with van der Waals surface area (Å²) in [6.45, 7) is 3.54. The maximum absolute atomic E-state index is 11.4. The van der Waals surface area contributed by atoms with E-state index in [9.17, 15) is 9.90 Å². The second-order valence-electron chi connectivity index (χ2n) is 8.37. The number of amides is 1. The van der Waals surface area contributed by atoms with Crippen molar-refractivity contribution in [3.63, 3.8) is 0 Å². The lowest BCUT2D eigenvalue weighted by Gasteiger charge is -2.39. The van der Waals surface area contributed by atoms with Crippen LogP contribution in [0.5, 0.6) is 0 Å². The third kappa shape index (κ3) is 3.54. The molecule has 1 saturated carbocycles. The summed E-state index contributed by atoms with van der Waals surface area (Å²) in [5.74, 6) is 0.853. The van der Waals surface area contributed by atoms with Crippen molar-refractivity contribution < 1.29 is 9.90 Å². The molecule has 162 valence electrons. The van der Waals surface area contributed by atoms with Crippen LogP contribution in [0, 0.1) is 0 Å². The Bertz CT molecular complexity index is 1140. The molecule has 9 heteroatoms. The minimum Gasteiger partial charge on any atom is -0.465 e. The summed E-state index contributed by atoms with van der Waals surface area (Å²) in [7, 11) is 2.12. The number of aromatic nitrogens is 3. The Labute approximate surface area is 185 Å². The largest absolute Gasteiger partial charge is 0.465 e. The lowest BCUT2D eigenvalue weighted by atomic mass is 10.1. The number of carbonyl (C=O) groups is 1. The van der Waals surface area contributed by atoms with Gasteiger partial charge in [0.25, 0.3) is 0 Å². The van der Waals surface area contributed by atoms with Gasteiger partial charge in [-0.15, -0.1) is 0 Å². The summed E-state index contributed by atoms with van der Waals surface area (Å²) in [6, 6.07) is 8.27. The molecule has 1 amide bonds. The van der Waals surface area contributed by atoms with Crippen molar-refractivity contribution in [2.75, 3.05) is 36.5 Å². The van der Waals surface area contributed by atoms with Gasteiger partial charge in [0.05, 0.1) is 11.1 Å². The minimum atomic E-state index is -0.874. The Balaban J connectivity index is 1.65. The first-order chi connectivity index (χ1) is 14.9. The predicted molar refractivity (Wildman–Crippen MR) is 122 cm³/mol. The lowest BCUT2D eigenvalue weighted by Crippen LogP contribution is -2.53. The fraction of sp³-hybridized carbons (Fsp3) is 0.409. The van der Waals surface area contributed by atoms with Gasteiger partial charge in [-0.1, -0.05) is 17.7 Å². The number of hydrogen-bond acceptors (Lipinski definition) is 5. The maximum Gasteiger partial charge on any atom is 0.407 e. The van der Waals surface area contributed by atoms with Crippen LogP contribution in [0.1, 0.15) is 19.8 Å². The Morgan fingerprint density at radius 2 is 2.06 bits per heavy atom. The zero-order chi connectivity index (χ0) is 21.7. The van der Waals surface area contributed by atoms with Crippen molar-refractivity contribution in [1.29, 1.82) is 0 Å².